The summed E-state index contributed by atoms with van der Waals surface area (Å²) in [6, 6.07) is 21.8. The van der Waals surface area contributed by atoms with Crippen molar-refractivity contribution in [3.63, 3.8) is 0 Å². The number of hydrogen-bond acceptors (Lipinski definition) is 6. The number of carbonyl (C=O) groups excluding carboxylic acids is 1. The maximum absolute atomic E-state index is 13.1. The van der Waals surface area contributed by atoms with Crippen LogP contribution in [0.15, 0.2) is 82.0 Å². The highest BCUT2D eigenvalue weighted by Gasteiger charge is 2.18. The molecule has 0 radical (unpaired) electrons. The molecular weight excluding hydrogens is 434 g/mol. The molecule has 174 valence electrons. The molecule has 0 aliphatic heterocycles. The van der Waals surface area contributed by atoms with Crippen LogP contribution in [0.4, 0.5) is 0 Å². The molecule has 0 fully saturated rings. The molecule has 0 unspecified atom stereocenters. The number of amides is 1. The zero-order valence-electron chi connectivity index (χ0n) is 19.0. The molecule has 7 heteroatoms. The molecule has 0 bridgehead atoms. The number of ether oxygens (including phenoxy) is 3. The molecule has 34 heavy (non-hydrogen) atoms. The van der Waals surface area contributed by atoms with Crippen molar-refractivity contribution in [1.82, 2.24) is 5.32 Å². The van der Waals surface area contributed by atoms with E-state index in [1.807, 2.05) is 48.5 Å². The quantitative estimate of drug-likeness (QED) is 0.403. The first-order valence-corrected chi connectivity index (χ1v) is 10.8. The molecule has 0 saturated heterocycles. The Morgan fingerprint density at radius 2 is 1.65 bits per heavy atom. The maximum Gasteiger partial charge on any atom is 0.257 e. The monoisotopic (exact) mass is 459 g/mol. The Hall–Kier alpha value is -4.26. The average molecular weight is 459 g/mol. The van der Waals surface area contributed by atoms with Crippen molar-refractivity contribution in [2.75, 3.05) is 27.4 Å². The van der Waals surface area contributed by atoms with Crippen LogP contribution in [0.25, 0.3) is 22.3 Å². The van der Waals surface area contributed by atoms with Gasteiger partial charge >= 0.3 is 0 Å². The first-order valence-electron chi connectivity index (χ1n) is 10.8. The topological polar surface area (TPSA) is 87.0 Å². The highest BCUT2D eigenvalue weighted by atomic mass is 16.5. The Kier molecular flexibility index (Phi) is 7.13. The van der Waals surface area contributed by atoms with Crippen LogP contribution < -0.4 is 25.0 Å². The van der Waals surface area contributed by atoms with Gasteiger partial charge in [0.1, 0.15) is 5.58 Å². The number of benzene rings is 3. The largest absolute Gasteiger partial charge is 0.493 e. The minimum Gasteiger partial charge on any atom is -0.493 e. The second-order valence-corrected chi connectivity index (χ2v) is 7.53. The standard InChI is InChI=1S/C27H25NO6/c1-31-22-13-12-18(16-23(22)32-2)14-15-28-24(29)17-33-27-25(30)20-10-6-7-11-21(20)34-26(27)19-8-4-3-5-9-19/h3-13,16H,14-15,17H2,1-2H3,(H,28,29). The van der Waals surface area contributed by atoms with E-state index < -0.39 is 0 Å². The van der Waals surface area contributed by atoms with Gasteiger partial charge in [-0.1, -0.05) is 48.5 Å². The maximum atomic E-state index is 13.1. The van der Waals surface area contributed by atoms with Gasteiger partial charge in [0.05, 0.1) is 19.6 Å². The van der Waals surface area contributed by atoms with E-state index in [1.165, 1.54) is 0 Å². The Morgan fingerprint density at radius 1 is 0.912 bits per heavy atom. The molecule has 4 rings (SSSR count). The molecule has 0 atom stereocenters. The molecule has 0 saturated carbocycles. The van der Waals surface area contributed by atoms with Gasteiger partial charge in [-0.15, -0.1) is 0 Å². The van der Waals surface area contributed by atoms with E-state index in [1.54, 1.807) is 38.5 Å². The second-order valence-electron chi connectivity index (χ2n) is 7.53. The van der Waals surface area contributed by atoms with E-state index in [0.29, 0.717) is 46.8 Å². The van der Waals surface area contributed by atoms with Gasteiger partial charge in [-0.2, -0.15) is 0 Å². The number of nitrogens with one attached hydrogen (secondary N) is 1. The summed E-state index contributed by atoms with van der Waals surface area (Å²) in [5, 5.41) is 3.21. The summed E-state index contributed by atoms with van der Waals surface area (Å²) in [5.41, 5.74) is 1.81. The number of para-hydroxylation sites is 1. The molecule has 1 heterocycles. The first-order chi connectivity index (χ1) is 16.6. The fraction of sp³-hybridized carbons (Fsp3) is 0.185. The number of hydrogen-bond donors (Lipinski definition) is 1. The Morgan fingerprint density at radius 3 is 2.41 bits per heavy atom. The van der Waals surface area contributed by atoms with Gasteiger partial charge in [-0.3, -0.25) is 9.59 Å². The molecule has 4 aromatic rings. The highest BCUT2D eigenvalue weighted by Crippen LogP contribution is 2.31. The highest BCUT2D eigenvalue weighted by molar-refractivity contribution is 5.82. The van der Waals surface area contributed by atoms with E-state index in [9.17, 15) is 9.59 Å². The SMILES string of the molecule is COc1ccc(CCNC(=O)COc2c(-c3ccccc3)oc3ccccc3c2=O)cc1OC. The summed E-state index contributed by atoms with van der Waals surface area (Å²) in [4.78, 5) is 25.5. The van der Waals surface area contributed by atoms with E-state index in [2.05, 4.69) is 5.32 Å². The van der Waals surface area contributed by atoms with E-state index >= 15 is 0 Å². The van der Waals surface area contributed by atoms with Gasteiger partial charge in [0.25, 0.3) is 5.91 Å². The number of rotatable bonds is 9. The Bertz CT molecular complexity index is 1350. The van der Waals surface area contributed by atoms with E-state index in [4.69, 9.17) is 18.6 Å². The summed E-state index contributed by atoms with van der Waals surface area (Å²) < 4.78 is 22.3. The van der Waals surface area contributed by atoms with Gasteiger partial charge in [-0.25, -0.2) is 0 Å². The molecule has 0 aliphatic rings. The Labute approximate surface area is 196 Å². The smallest absolute Gasteiger partial charge is 0.257 e. The van der Waals surface area contributed by atoms with Crippen LogP contribution in [-0.4, -0.2) is 33.3 Å². The molecule has 1 N–H and O–H groups in total. The van der Waals surface area contributed by atoms with Crippen molar-refractivity contribution < 1.29 is 23.4 Å². The third kappa shape index (κ3) is 5.04. The molecule has 7 nitrogen and oxygen atoms in total. The van der Waals surface area contributed by atoms with Crippen LogP contribution in [-0.2, 0) is 11.2 Å². The van der Waals surface area contributed by atoms with E-state index in [-0.39, 0.29) is 23.7 Å². The minimum atomic E-state index is -0.341. The lowest BCUT2D eigenvalue weighted by Gasteiger charge is -2.12. The average Bonchev–Trinajstić information content (AvgIpc) is 2.88. The van der Waals surface area contributed by atoms with Crippen LogP contribution >= 0.6 is 0 Å². The van der Waals surface area contributed by atoms with Crippen molar-refractivity contribution in [2.45, 2.75) is 6.42 Å². The zero-order chi connectivity index (χ0) is 23.9. The summed E-state index contributed by atoms with van der Waals surface area (Å²) >= 11 is 0. The predicted octanol–water partition coefficient (Wildman–Crippen LogP) is 4.21. The molecule has 1 amide bonds. The summed E-state index contributed by atoms with van der Waals surface area (Å²) in [5.74, 6) is 1.24. The minimum absolute atomic E-state index is 0.0138. The van der Waals surface area contributed by atoms with Crippen molar-refractivity contribution in [2.24, 2.45) is 0 Å². The van der Waals surface area contributed by atoms with Gasteiger partial charge in [0.2, 0.25) is 11.2 Å². The van der Waals surface area contributed by atoms with Crippen molar-refractivity contribution in [1.29, 1.82) is 0 Å². The lowest BCUT2D eigenvalue weighted by molar-refractivity contribution is -0.123. The van der Waals surface area contributed by atoms with Crippen molar-refractivity contribution in [3.8, 4) is 28.6 Å². The molecular formula is C27H25NO6. The fourth-order valence-electron chi connectivity index (χ4n) is 3.61. The van der Waals surface area contributed by atoms with E-state index in [0.717, 1.165) is 5.56 Å². The van der Waals surface area contributed by atoms with Crippen molar-refractivity contribution in [3.05, 3.63) is 88.6 Å². The van der Waals surface area contributed by atoms with Crippen LogP contribution in [0.5, 0.6) is 17.2 Å². The van der Waals surface area contributed by atoms with Gasteiger partial charge in [0.15, 0.2) is 23.9 Å². The van der Waals surface area contributed by atoms with Crippen molar-refractivity contribution >= 4 is 16.9 Å². The normalized spacial score (nSPS) is 10.6. The number of carbonyl (C=O) groups is 1. The summed E-state index contributed by atoms with van der Waals surface area (Å²) in [6.45, 7) is 0.0877. The second kappa shape index (κ2) is 10.6. The predicted molar refractivity (Wildman–Crippen MR) is 130 cm³/mol. The number of fused-ring (bicyclic) bond motifs is 1. The lowest BCUT2D eigenvalue weighted by Crippen LogP contribution is -2.31. The van der Waals surface area contributed by atoms with Gasteiger partial charge in [-0.05, 0) is 36.2 Å². The van der Waals surface area contributed by atoms with Gasteiger partial charge in [0, 0.05) is 12.1 Å². The molecule has 1 aromatic heterocycles. The summed E-state index contributed by atoms with van der Waals surface area (Å²) in [7, 11) is 3.16. The van der Waals surface area contributed by atoms with Gasteiger partial charge < -0.3 is 23.9 Å². The lowest BCUT2D eigenvalue weighted by atomic mass is 10.1. The first kappa shape index (κ1) is 22.9. The number of methoxy groups -OCH3 is 2. The summed E-state index contributed by atoms with van der Waals surface area (Å²) in [6.07, 6.45) is 0.597. The third-order valence-corrected chi connectivity index (χ3v) is 5.32. The van der Waals surface area contributed by atoms with Crippen LogP contribution in [0.1, 0.15) is 5.56 Å². The Balaban J connectivity index is 1.45. The fourth-order valence-corrected chi connectivity index (χ4v) is 3.61. The van der Waals surface area contributed by atoms with Crippen LogP contribution in [0.2, 0.25) is 0 Å². The molecule has 3 aromatic carbocycles. The third-order valence-electron chi connectivity index (χ3n) is 5.32. The molecule has 0 aliphatic carbocycles. The zero-order valence-corrected chi connectivity index (χ0v) is 19.0. The van der Waals surface area contributed by atoms with Crippen LogP contribution in [0.3, 0.4) is 0 Å². The van der Waals surface area contributed by atoms with Crippen LogP contribution in [0, 0.1) is 0 Å². The molecule has 0 spiro atoms.